The van der Waals surface area contributed by atoms with Gasteiger partial charge in [0.05, 0.1) is 41.0 Å². The van der Waals surface area contributed by atoms with Crippen LogP contribution in [0.5, 0.6) is 0 Å². The zero-order chi connectivity index (χ0) is 26.1. The van der Waals surface area contributed by atoms with Crippen LogP contribution in [0.4, 0.5) is 14.5 Å². The number of rotatable bonds is 8. The molecule has 5 nitrogen and oxygen atoms in total. The number of aryl methyl sites for hydroxylation is 1. The number of aromatic nitrogens is 2. The topological polar surface area (TPSA) is 42.3 Å². The van der Waals surface area contributed by atoms with Gasteiger partial charge < -0.3 is 14.6 Å². The van der Waals surface area contributed by atoms with Gasteiger partial charge in [-0.15, -0.1) is 0 Å². The number of fused-ring (bicyclic) bond motifs is 4. The summed E-state index contributed by atoms with van der Waals surface area (Å²) in [6, 6.07) is 18.5. The lowest BCUT2D eigenvalue weighted by atomic mass is 10.0. The third-order valence-electron chi connectivity index (χ3n) is 7.44. The highest BCUT2D eigenvalue weighted by molar-refractivity contribution is 6.16. The summed E-state index contributed by atoms with van der Waals surface area (Å²) >= 11 is 0. The van der Waals surface area contributed by atoms with Crippen LogP contribution in [0.15, 0.2) is 60.7 Å². The van der Waals surface area contributed by atoms with Gasteiger partial charge in [0.15, 0.2) is 11.6 Å². The standard InChI is InChI=1S/C31H32F2N4O/c1-2-13-37-28-7-4-3-6-23(28)30-31(37)29(34-12-5-14-36-15-17-38-18-16-36)24-19-21(9-11-27(24)35-30)22-8-10-25(32)26(33)20-22/h3-4,6-11,19-20H,2,5,12-18H2,1H3,(H,34,35). The van der Waals surface area contributed by atoms with Crippen molar-refractivity contribution in [2.24, 2.45) is 0 Å². The molecule has 5 aromatic rings. The van der Waals surface area contributed by atoms with Gasteiger partial charge in [0.25, 0.3) is 0 Å². The Morgan fingerprint density at radius 3 is 2.50 bits per heavy atom. The predicted octanol–water partition coefficient (Wildman–Crippen LogP) is 6.83. The van der Waals surface area contributed by atoms with Crippen LogP contribution < -0.4 is 5.32 Å². The van der Waals surface area contributed by atoms with E-state index in [1.54, 1.807) is 6.07 Å². The quantitative estimate of drug-likeness (QED) is 0.231. The highest BCUT2D eigenvalue weighted by Gasteiger charge is 2.19. The average molecular weight is 515 g/mol. The van der Waals surface area contributed by atoms with E-state index >= 15 is 0 Å². The van der Waals surface area contributed by atoms with Crippen LogP contribution in [0, 0.1) is 11.6 Å². The van der Waals surface area contributed by atoms with E-state index in [1.165, 1.54) is 17.6 Å². The summed E-state index contributed by atoms with van der Waals surface area (Å²) in [7, 11) is 0. The lowest BCUT2D eigenvalue weighted by molar-refractivity contribution is 0.0378. The number of nitrogens with one attached hydrogen (secondary N) is 1. The monoisotopic (exact) mass is 514 g/mol. The van der Waals surface area contributed by atoms with Crippen LogP contribution >= 0.6 is 0 Å². The van der Waals surface area contributed by atoms with Crippen molar-refractivity contribution < 1.29 is 13.5 Å². The first kappa shape index (κ1) is 24.8. The van der Waals surface area contributed by atoms with Gasteiger partial charge >= 0.3 is 0 Å². The SMILES string of the molecule is CCCn1c2ccccc2c2nc3ccc(-c4ccc(F)c(F)c4)cc3c(NCCCN3CCOCC3)c21. The van der Waals surface area contributed by atoms with Gasteiger partial charge in [-0.1, -0.05) is 37.3 Å². The number of hydrogen-bond donors (Lipinski definition) is 1. The molecule has 0 spiro atoms. The number of morpholine rings is 1. The van der Waals surface area contributed by atoms with E-state index in [0.29, 0.717) is 5.56 Å². The number of para-hydroxylation sites is 1. The van der Waals surface area contributed by atoms with Gasteiger partial charge in [-0.2, -0.15) is 0 Å². The molecule has 196 valence electrons. The minimum atomic E-state index is -0.847. The van der Waals surface area contributed by atoms with Gasteiger partial charge in [0.1, 0.15) is 0 Å². The maximum absolute atomic E-state index is 14.1. The van der Waals surface area contributed by atoms with Crippen molar-refractivity contribution in [1.82, 2.24) is 14.5 Å². The van der Waals surface area contributed by atoms with Gasteiger partial charge in [-0.25, -0.2) is 13.8 Å². The van der Waals surface area contributed by atoms with Crippen molar-refractivity contribution in [1.29, 1.82) is 0 Å². The largest absolute Gasteiger partial charge is 0.383 e. The van der Waals surface area contributed by atoms with Crippen molar-refractivity contribution in [3.05, 3.63) is 72.3 Å². The van der Waals surface area contributed by atoms with Crippen molar-refractivity contribution in [3.8, 4) is 11.1 Å². The molecule has 2 aromatic heterocycles. The Morgan fingerprint density at radius 2 is 1.68 bits per heavy atom. The third-order valence-corrected chi connectivity index (χ3v) is 7.44. The summed E-state index contributed by atoms with van der Waals surface area (Å²) in [4.78, 5) is 7.57. The molecule has 3 heterocycles. The first-order valence-electron chi connectivity index (χ1n) is 13.5. The second kappa shape index (κ2) is 10.7. The molecule has 0 aliphatic carbocycles. The van der Waals surface area contributed by atoms with Gasteiger partial charge in [0, 0.05) is 37.0 Å². The van der Waals surface area contributed by atoms with Gasteiger partial charge in [-0.05, 0) is 60.8 Å². The summed E-state index contributed by atoms with van der Waals surface area (Å²) < 4.78 is 35.5. The Labute approximate surface area is 221 Å². The molecular formula is C31H32F2N4O. The van der Waals surface area contributed by atoms with Gasteiger partial charge in [0.2, 0.25) is 0 Å². The minimum absolute atomic E-state index is 0.637. The molecule has 0 amide bonds. The Kier molecular flexibility index (Phi) is 6.96. The fourth-order valence-corrected chi connectivity index (χ4v) is 5.56. The number of ether oxygens (including phenoxy) is 1. The molecule has 1 aliphatic heterocycles. The fourth-order valence-electron chi connectivity index (χ4n) is 5.56. The van der Waals surface area contributed by atoms with E-state index in [9.17, 15) is 8.78 Å². The molecule has 0 atom stereocenters. The molecule has 0 radical (unpaired) electrons. The van der Waals surface area contributed by atoms with E-state index in [4.69, 9.17) is 9.72 Å². The number of anilines is 1. The Hall–Kier alpha value is -3.55. The number of halogens is 2. The zero-order valence-electron chi connectivity index (χ0n) is 21.6. The summed E-state index contributed by atoms with van der Waals surface area (Å²) in [6.07, 6.45) is 2.00. The summed E-state index contributed by atoms with van der Waals surface area (Å²) in [5.74, 6) is -1.69. The average Bonchev–Trinajstić information content (AvgIpc) is 3.26. The normalized spacial score (nSPS) is 14.6. The molecule has 38 heavy (non-hydrogen) atoms. The van der Waals surface area contributed by atoms with Crippen LogP contribution in [0.25, 0.3) is 44.0 Å². The second-order valence-electron chi connectivity index (χ2n) is 9.95. The van der Waals surface area contributed by atoms with Crippen molar-refractivity contribution in [2.45, 2.75) is 26.3 Å². The minimum Gasteiger partial charge on any atom is -0.383 e. The number of nitrogens with zero attached hydrogens (tertiary/aromatic N) is 3. The maximum Gasteiger partial charge on any atom is 0.159 e. The Balaban J connectivity index is 1.48. The van der Waals surface area contributed by atoms with E-state index in [1.807, 2.05) is 18.2 Å². The molecule has 1 N–H and O–H groups in total. The molecule has 3 aromatic carbocycles. The Bertz CT molecular complexity index is 1610. The van der Waals surface area contributed by atoms with E-state index < -0.39 is 11.6 Å². The van der Waals surface area contributed by atoms with E-state index in [-0.39, 0.29) is 0 Å². The van der Waals surface area contributed by atoms with E-state index in [0.717, 1.165) is 97.4 Å². The molecule has 7 heteroatoms. The van der Waals surface area contributed by atoms with Crippen LogP contribution in [0.1, 0.15) is 19.8 Å². The summed E-state index contributed by atoms with van der Waals surface area (Å²) in [5.41, 5.74) is 6.63. The first-order valence-corrected chi connectivity index (χ1v) is 13.5. The van der Waals surface area contributed by atoms with Crippen molar-refractivity contribution in [3.63, 3.8) is 0 Å². The number of benzene rings is 3. The molecule has 1 aliphatic rings. The molecule has 1 fully saturated rings. The first-order chi connectivity index (χ1) is 18.6. The highest BCUT2D eigenvalue weighted by atomic mass is 19.2. The van der Waals surface area contributed by atoms with Gasteiger partial charge in [-0.3, -0.25) is 4.90 Å². The number of hydrogen-bond acceptors (Lipinski definition) is 4. The Morgan fingerprint density at radius 1 is 0.895 bits per heavy atom. The van der Waals surface area contributed by atoms with Crippen LogP contribution in [0.2, 0.25) is 0 Å². The molecule has 6 rings (SSSR count). The van der Waals surface area contributed by atoms with Crippen LogP contribution in [0.3, 0.4) is 0 Å². The fraction of sp³-hybridized carbons (Fsp3) is 0.323. The lowest BCUT2D eigenvalue weighted by Gasteiger charge is -2.26. The molecular weight excluding hydrogens is 482 g/mol. The predicted molar refractivity (Wildman–Crippen MR) is 151 cm³/mol. The van der Waals surface area contributed by atoms with Crippen molar-refractivity contribution >= 4 is 38.5 Å². The molecule has 0 bridgehead atoms. The van der Waals surface area contributed by atoms with Crippen molar-refractivity contribution in [2.75, 3.05) is 44.7 Å². The maximum atomic E-state index is 14.1. The van der Waals surface area contributed by atoms with E-state index in [2.05, 4.69) is 46.0 Å². The highest BCUT2D eigenvalue weighted by Crippen LogP contribution is 2.39. The van der Waals surface area contributed by atoms with Crippen LogP contribution in [-0.2, 0) is 11.3 Å². The second-order valence-corrected chi connectivity index (χ2v) is 9.95. The summed E-state index contributed by atoms with van der Waals surface area (Å²) in [6.45, 7) is 8.44. The molecule has 1 saturated heterocycles. The smallest absolute Gasteiger partial charge is 0.159 e. The summed E-state index contributed by atoms with van der Waals surface area (Å²) in [5, 5.41) is 5.89. The molecule has 0 saturated carbocycles. The molecule has 0 unspecified atom stereocenters. The zero-order valence-corrected chi connectivity index (χ0v) is 21.6. The lowest BCUT2D eigenvalue weighted by Crippen LogP contribution is -2.37. The van der Waals surface area contributed by atoms with Crippen LogP contribution in [-0.4, -0.2) is 53.8 Å². The third kappa shape index (κ3) is 4.61. The number of pyridine rings is 1.